The van der Waals surface area contributed by atoms with E-state index in [1.54, 1.807) is 13.8 Å². The predicted octanol–water partition coefficient (Wildman–Crippen LogP) is 2.62. The molecule has 3 nitrogen and oxygen atoms in total. The maximum absolute atomic E-state index is 12.0. The standard InChI is InChI=1S/C12H23NO2/c1-10(2)7-9(14)12(5,6)13(15)11(3,4)8-10/h15H,7-8H2,1-6H3. The van der Waals surface area contributed by atoms with Gasteiger partial charge in [0.1, 0.15) is 0 Å². The molecule has 0 amide bonds. The molecule has 0 aromatic heterocycles. The number of ketones is 1. The minimum absolute atomic E-state index is 0.0463. The first kappa shape index (κ1) is 12.7. The van der Waals surface area contributed by atoms with E-state index in [0.29, 0.717) is 6.42 Å². The fourth-order valence-electron chi connectivity index (χ4n) is 2.83. The largest absolute Gasteiger partial charge is 0.313 e. The second-order valence-corrected chi connectivity index (χ2v) is 6.62. The van der Waals surface area contributed by atoms with E-state index in [2.05, 4.69) is 13.8 Å². The van der Waals surface area contributed by atoms with Gasteiger partial charge in [-0.3, -0.25) is 4.79 Å². The van der Waals surface area contributed by atoms with E-state index in [-0.39, 0.29) is 16.7 Å². The monoisotopic (exact) mass is 213 g/mol. The molecule has 0 saturated carbocycles. The van der Waals surface area contributed by atoms with Crippen molar-refractivity contribution in [1.82, 2.24) is 5.06 Å². The minimum atomic E-state index is -0.780. The van der Waals surface area contributed by atoms with Gasteiger partial charge in [-0.1, -0.05) is 13.8 Å². The Balaban J connectivity index is 3.16. The number of carbonyl (C=O) groups is 1. The lowest BCUT2D eigenvalue weighted by atomic mass is 9.78. The molecule has 0 unspecified atom stereocenters. The summed E-state index contributed by atoms with van der Waals surface area (Å²) in [5, 5.41) is 11.4. The molecule has 1 fully saturated rings. The van der Waals surface area contributed by atoms with Gasteiger partial charge in [-0.2, -0.15) is 5.06 Å². The van der Waals surface area contributed by atoms with E-state index >= 15 is 0 Å². The van der Waals surface area contributed by atoms with Crippen molar-refractivity contribution >= 4 is 5.78 Å². The van der Waals surface area contributed by atoms with Crippen molar-refractivity contribution in [3.8, 4) is 0 Å². The molecule has 1 aliphatic heterocycles. The molecule has 3 heteroatoms. The van der Waals surface area contributed by atoms with Crippen LogP contribution in [0.2, 0.25) is 0 Å². The first-order valence-electron chi connectivity index (χ1n) is 5.52. The smallest absolute Gasteiger partial charge is 0.155 e. The first-order chi connectivity index (χ1) is 6.49. The molecular formula is C12H23NO2. The highest BCUT2D eigenvalue weighted by atomic mass is 16.5. The Morgan fingerprint density at radius 1 is 1.13 bits per heavy atom. The summed E-state index contributed by atoms with van der Waals surface area (Å²) in [6.07, 6.45) is 1.34. The molecule has 0 atom stereocenters. The third-order valence-corrected chi connectivity index (χ3v) is 3.34. The van der Waals surface area contributed by atoms with Gasteiger partial charge in [-0.15, -0.1) is 0 Å². The van der Waals surface area contributed by atoms with E-state index in [4.69, 9.17) is 0 Å². The van der Waals surface area contributed by atoms with E-state index in [9.17, 15) is 10.0 Å². The molecule has 0 radical (unpaired) electrons. The summed E-state index contributed by atoms with van der Waals surface area (Å²) < 4.78 is 0. The second kappa shape index (κ2) is 3.29. The summed E-state index contributed by atoms with van der Waals surface area (Å²) in [5.74, 6) is 0.112. The van der Waals surface area contributed by atoms with Crippen LogP contribution in [-0.2, 0) is 4.79 Å². The number of rotatable bonds is 0. The minimum Gasteiger partial charge on any atom is -0.313 e. The average molecular weight is 213 g/mol. The SMILES string of the molecule is CC1(C)CC(=O)C(C)(C)N(O)C(C)(C)C1. The number of Topliss-reactive ketones (excluding diaryl/α,β-unsaturated/α-hetero) is 1. The van der Waals surface area contributed by atoms with Crippen molar-refractivity contribution in [1.29, 1.82) is 0 Å². The summed E-state index contributed by atoms with van der Waals surface area (Å²) in [6.45, 7) is 11.7. The van der Waals surface area contributed by atoms with Gasteiger partial charge < -0.3 is 5.21 Å². The highest BCUT2D eigenvalue weighted by Gasteiger charge is 2.48. The molecule has 0 aromatic rings. The summed E-state index contributed by atoms with van der Waals surface area (Å²) in [5.41, 5.74) is -1.19. The van der Waals surface area contributed by atoms with Gasteiger partial charge >= 0.3 is 0 Å². The molecule has 0 aliphatic carbocycles. The van der Waals surface area contributed by atoms with Crippen LogP contribution in [0.3, 0.4) is 0 Å². The molecule has 88 valence electrons. The van der Waals surface area contributed by atoms with Crippen LogP contribution in [-0.4, -0.2) is 27.1 Å². The van der Waals surface area contributed by atoms with Crippen LogP contribution in [0.1, 0.15) is 54.4 Å². The molecule has 0 aromatic carbocycles. The Labute approximate surface area is 92.4 Å². The highest BCUT2D eigenvalue weighted by Crippen LogP contribution is 2.41. The zero-order valence-electron chi connectivity index (χ0n) is 10.7. The highest BCUT2D eigenvalue weighted by molar-refractivity contribution is 5.88. The molecule has 15 heavy (non-hydrogen) atoms. The fraction of sp³-hybridized carbons (Fsp3) is 0.917. The number of hydrogen-bond donors (Lipinski definition) is 1. The van der Waals surface area contributed by atoms with Crippen molar-refractivity contribution in [2.45, 2.75) is 65.5 Å². The molecule has 1 saturated heterocycles. The van der Waals surface area contributed by atoms with Crippen LogP contribution in [0, 0.1) is 5.41 Å². The lowest BCUT2D eigenvalue weighted by Crippen LogP contribution is -2.55. The third kappa shape index (κ3) is 2.23. The van der Waals surface area contributed by atoms with E-state index < -0.39 is 5.54 Å². The van der Waals surface area contributed by atoms with Gasteiger partial charge in [-0.05, 0) is 39.5 Å². The van der Waals surface area contributed by atoms with Crippen molar-refractivity contribution in [3.05, 3.63) is 0 Å². The molecule has 1 rings (SSSR count). The van der Waals surface area contributed by atoms with E-state index in [0.717, 1.165) is 6.42 Å². The Morgan fingerprint density at radius 3 is 2.07 bits per heavy atom. The van der Waals surface area contributed by atoms with Crippen LogP contribution in [0.25, 0.3) is 0 Å². The van der Waals surface area contributed by atoms with Gasteiger partial charge in [-0.25, -0.2) is 0 Å². The number of hydroxylamine groups is 2. The van der Waals surface area contributed by atoms with Crippen LogP contribution in [0.5, 0.6) is 0 Å². The number of nitrogens with zero attached hydrogens (tertiary/aromatic N) is 1. The lowest BCUT2D eigenvalue weighted by molar-refractivity contribution is -0.219. The molecule has 1 N–H and O–H groups in total. The molecule has 1 heterocycles. The topological polar surface area (TPSA) is 40.5 Å². The van der Waals surface area contributed by atoms with Gasteiger partial charge in [0.25, 0.3) is 0 Å². The van der Waals surface area contributed by atoms with Crippen LogP contribution in [0.4, 0.5) is 0 Å². The van der Waals surface area contributed by atoms with Gasteiger partial charge in [0, 0.05) is 12.0 Å². The summed E-state index contributed by atoms with van der Waals surface area (Å²) in [4.78, 5) is 12.0. The fourth-order valence-corrected chi connectivity index (χ4v) is 2.83. The quantitative estimate of drug-likeness (QED) is 0.672. The molecule has 0 bridgehead atoms. The number of hydrogen-bond acceptors (Lipinski definition) is 3. The summed E-state index contributed by atoms with van der Waals surface area (Å²) in [7, 11) is 0. The second-order valence-electron chi connectivity index (χ2n) is 6.62. The summed E-state index contributed by atoms with van der Waals surface area (Å²) in [6, 6.07) is 0. The van der Waals surface area contributed by atoms with Crippen molar-refractivity contribution in [2.24, 2.45) is 5.41 Å². The predicted molar refractivity (Wildman–Crippen MR) is 59.8 cm³/mol. The first-order valence-corrected chi connectivity index (χ1v) is 5.52. The molecule has 0 spiro atoms. The zero-order valence-corrected chi connectivity index (χ0v) is 10.7. The Hall–Kier alpha value is -0.410. The van der Waals surface area contributed by atoms with Crippen LogP contribution < -0.4 is 0 Å². The Bertz CT molecular complexity index is 279. The normalized spacial score (nSPS) is 29.9. The van der Waals surface area contributed by atoms with Gasteiger partial charge in [0.05, 0.1) is 5.54 Å². The van der Waals surface area contributed by atoms with Crippen molar-refractivity contribution < 1.29 is 10.0 Å². The van der Waals surface area contributed by atoms with Gasteiger partial charge in [0.15, 0.2) is 5.78 Å². The Morgan fingerprint density at radius 2 is 1.60 bits per heavy atom. The number of carbonyl (C=O) groups excluding carboxylic acids is 1. The Kier molecular flexibility index (Phi) is 2.78. The van der Waals surface area contributed by atoms with Crippen LogP contribution >= 0.6 is 0 Å². The van der Waals surface area contributed by atoms with Crippen molar-refractivity contribution in [2.75, 3.05) is 0 Å². The zero-order chi connectivity index (χ0) is 12.1. The van der Waals surface area contributed by atoms with Crippen LogP contribution in [0.15, 0.2) is 0 Å². The molecular weight excluding hydrogens is 190 g/mol. The maximum atomic E-state index is 12.0. The van der Waals surface area contributed by atoms with E-state index in [1.165, 1.54) is 5.06 Å². The lowest BCUT2D eigenvalue weighted by Gasteiger charge is -2.41. The molecule has 1 aliphatic rings. The van der Waals surface area contributed by atoms with Crippen molar-refractivity contribution in [3.63, 3.8) is 0 Å². The maximum Gasteiger partial charge on any atom is 0.155 e. The van der Waals surface area contributed by atoms with Gasteiger partial charge in [0.2, 0.25) is 0 Å². The average Bonchev–Trinajstić information content (AvgIpc) is 2.01. The van der Waals surface area contributed by atoms with E-state index in [1.807, 2.05) is 13.8 Å². The summed E-state index contributed by atoms with van der Waals surface area (Å²) >= 11 is 0. The third-order valence-electron chi connectivity index (χ3n) is 3.34.